The number of nitrogens with one attached hydrogen (secondary N) is 1. The van der Waals surface area contributed by atoms with E-state index < -0.39 is 0 Å². The number of hydrogen-bond acceptors (Lipinski definition) is 4. The number of halogens is 1. The molecule has 0 fully saturated rings. The highest BCUT2D eigenvalue weighted by molar-refractivity contribution is 6.29. The summed E-state index contributed by atoms with van der Waals surface area (Å²) in [5, 5.41) is 0.462. The lowest BCUT2D eigenvalue weighted by Gasteiger charge is -2.16. The van der Waals surface area contributed by atoms with Gasteiger partial charge in [-0.05, 0) is 29.3 Å². The van der Waals surface area contributed by atoms with Gasteiger partial charge in [0.15, 0.2) is 0 Å². The molecule has 3 N–H and O–H groups in total. The second-order valence-electron chi connectivity index (χ2n) is 3.79. The number of nitrogens with zero attached hydrogens (tertiary/aromatic N) is 1. The number of nitrogens with two attached hydrogens (primary N) is 1. The molecule has 0 spiro atoms. The minimum atomic E-state index is -0.124. The summed E-state index contributed by atoms with van der Waals surface area (Å²) >= 11 is 5.77. The van der Waals surface area contributed by atoms with E-state index in [4.69, 9.17) is 22.2 Å². The molecule has 1 heterocycles. The number of methoxy groups -OCH3 is 1. The molecular formula is C13H14ClN3O. The standard InChI is InChI=1S/C13H14ClN3O/c1-18-11-5-2-9(3-6-11)13(17-15)10-4-7-12(14)16-8-10/h2-8,13,17H,15H2,1H3. The van der Waals surface area contributed by atoms with Crippen LogP contribution < -0.4 is 16.0 Å². The number of pyridine rings is 1. The van der Waals surface area contributed by atoms with Crippen molar-refractivity contribution in [2.45, 2.75) is 6.04 Å². The van der Waals surface area contributed by atoms with Crippen molar-refractivity contribution in [3.05, 3.63) is 58.9 Å². The number of hydrazine groups is 1. The molecule has 1 unspecified atom stereocenters. The Morgan fingerprint density at radius 3 is 2.33 bits per heavy atom. The predicted octanol–water partition coefficient (Wildman–Crippen LogP) is 2.30. The summed E-state index contributed by atoms with van der Waals surface area (Å²) in [5.41, 5.74) is 4.75. The van der Waals surface area contributed by atoms with E-state index in [0.29, 0.717) is 5.15 Å². The molecule has 0 bridgehead atoms. The Morgan fingerprint density at radius 1 is 1.17 bits per heavy atom. The largest absolute Gasteiger partial charge is 0.497 e. The molecular weight excluding hydrogens is 250 g/mol. The van der Waals surface area contributed by atoms with Gasteiger partial charge in [-0.25, -0.2) is 10.4 Å². The summed E-state index contributed by atoms with van der Waals surface area (Å²) in [4.78, 5) is 4.05. The summed E-state index contributed by atoms with van der Waals surface area (Å²) in [6, 6.07) is 11.2. The van der Waals surface area contributed by atoms with Crippen molar-refractivity contribution >= 4 is 11.6 Å². The van der Waals surface area contributed by atoms with E-state index in [1.54, 1.807) is 19.4 Å². The van der Waals surface area contributed by atoms with E-state index in [1.165, 1.54) is 0 Å². The third kappa shape index (κ3) is 2.79. The van der Waals surface area contributed by atoms with Crippen molar-refractivity contribution in [3.63, 3.8) is 0 Å². The van der Waals surface area contributed by atoms with Crippen molar-refractivity contribution < 1.29 is 4.74 Å². The minimum absolute atomic E-state index is 0.124. The first-order valence-electron chi connectivity index (χ1n) is 5.46. The number of rotatable bonds is 4. The molecule has 0 amide bonds. The van der Waals surface area contributed by atoms with Crippen LogP contribution in [-0.4, -0.2) is 12.1 Å². The number of aromatic nitrogens is 1. The van der Waals surface area contributed by atoms with Crippen LogP contribution in [0.4, 0.5) is 0 Å². The molecule has 0 aliphatic carbocycles. The van der Waals surface area contributed by atoms with Crippen LogP contribution in [0.25, 0.3) is 0 Å². The second-order valence-corrected chi connectivity index (χ2v) is 4.17. The topological polar surface area (TPSA) is 60.2 Å². The fourth-order valence-corrected chi connectivity index (χ4v) is 1.85. The van der Waals surface area contributed by atoms with E-state index in [0.717, 1.165) is 16.9 Å². The zero-order chi connectivity index (χ0) is 13.0. The van der Waals surface area contributed by atoms with Gasteiger partial charge in [0.25, 0.3) is 0 Å². The van der Waals surface area contributed by atoms with Crippen molar-refractivity contribution in [1.82, 2.24) is 10.4 Å². The average molecular weight is 264 g/mol. The van der Waals surface area contributed by atoms with Crippen molar-refractivity contribution in [3.8, 4) is 5.75 Å². The van der Waals surface area contributed by atoms with Gasteiger partial charge in [0, 0.05) is 6.20 Å². The lowest BCUT2D eigenvalue weighted by molar-refractivity contribution is 0.414. The van der Waals surface area contributed by atoms with Crippen LogP contribution in [0.1, 0.15) is 17.2 Å². The van der Waals surface area contributed by atoms with Crippen LogP contribution in [0.15, 0.2) is 42.6 Å². The van der Waals surface area contributed by atoms with Gasteiger partial charge in [-0.2, -0.15) is 0 Å². The van der Waals surface area contributed by atoms with Gasteiger partial charge in [0.05, 0.1) is 13.2 Å². The van der Waals surface area contributed by atoms with Crippen molar-refractivity contribution in [2.24, 2.45) is 5.84 Å². The maximum absolute atomic E-state index is 5.77. The van der Waals surface area contributed by atoms with Gasteiger partial charge >= 0.3 is 0 Å². The zero-order valence-corrected chi connectivity index (χ0v) is 10.7. The van der Waals surface area contributed by atoms with Crippen LogP contribution in [0.3, 0.4) is 0 Å². The van der Waals surface area contributed by atoms with Crippen molar-refractivity contribution in [1.29, 1.82) is 0 Å². The van der Waals surface area contributed by atoms with Gasteiger partial charge in [0.2, 0.25) is 0 Å². The highest BCUT2D eigenvalue weighted by Crippen LogP contribution is 2.23. The normalized spacial score (nSPS) is 12.2. The maximum Gasteiger partial charge on any atom is 0.129 e. The fraction of sp³-hybridized carbons (Fsp3) is 0.154. The van der Waals surface area contributed by atoms with Gasteiger partial charge in [-0.1, -0.05) is 29.8 Å². The number of benzene rings is 1. The molecule has 0 radical (unpaired) electrons. The summed E-state index contributed by atoms with van der Waals surface area (Å²) in [6.07, 6.45) is 1.71. The van der Waals surface area contributed by atoms with E-state index in [-0.39, 0.29) is 6.04 Å². The van der Waals surface area contributed by atoms with Gasteiger partial charge in [0.1, 0.15) is 10.9 Å². The molecule has 1 aromatic heterocycles. The predicted molar refractivity (Wildman–Crippen MR) is 71.4 cm³/mol. The van der Waals surface area contributed by atoms with E-state index in [2.05, 4.69) is 10.4 Å². The minimum Gasteiger partial charge on any atom is -0.497 e. The molecule has 0 saturated heterocycles. The van der Waals surface area contributed by atoms with Crippen LogP contribution in [0, 0.1) is 0 Å². The quantitative estimate of drug-likeness (QED) is 0.505. The third-order valence-electron chi connectivity index (χ3n) is 2.70. The summed E-state index contributed by atoms with van der Waals surface area (Å²) in [7, 11) is 1.64. The Labute approximate surface area is 111 Å². The molecule has 0 aliphatic heterocycles. The first-order valence-corrected chi connectivity index (χ1v) is 5.84. The summed E-state index contributed by atoms with van der Waals surface area (Å²) in [6.45, 7) is 0. The van der Waals surface area contributed by atoms with Crippen LogP contribution in [-0.2, 0) is 0 Å². The molecule has 18 heavy (non-hydrogen) atoms. The Kier molecular flexibility index (Phi) is 4.15. The SMILES string of the molecule is COc1ccc(C(NN)c2ccc(Cl)nc2)cc1. The molecule has 2 aromatic rings. The molecule has 1 atom stereocenters. The molecule has 0 aliphatic rings. The lowest BCUT2D eigenvalue weighted by Crippen LogP contribution is -2.28. The average Bonchev–Trinajstić information content (AvgIpc) is 2.42. The first-order chi connectivity index (χ1) is 8.74. The Hall–Kier alpha value is -1.62. The molecule has 5 heteroatoms. The van der Waals surface area contributed by atoms with Crippen molar-refractivity contribution in [2.75, 3.05) is 7.11 Å². The van der Waals surface area contributed by atoms with Crippen LogP contribution in [0.5, 0.6) is 5.75 Å². The van der Waals surface area contributed by atoms with Gasteiger partial charge in [-0.15, -0.1) is 0 Å². The molecule has 1 aromatic carbocycles. The fourth-order valence-electron chi connectivity index (χ4n) is 1.74. The highest BCUT2D eigenvalue weighted by Gasteiger charge is 2.12. The van der Waals surface area contributed by atoms with E-state index in [9.17, 15) is 0 Å². The lowest BCUT2D eigenvalue weighted by atomic mass is 10.0. The Bertz CT molecular complexity index is 499. The monoisotopic (exact) mass is 263 g/mol. The van der Waals surface area contributed by atoms with Crippen LogP contribution in [0.2, 0.25) is 5.15 Å². The Morgan fingerprint density at radius 2 is 1.83 bits per heavy atom. The third-order valence-corrected chi connectivity index (χ3v) is 2.92. The van der Waals surface area contributed by atoms with E-state index >= 15 is 0 Å². The van der Waals surface area contributed by atoms with Crippen LogP contribution >= 0.6 is 11.6 Å². The zero-order valence-electron chi connectivity index (χ0n) is 9.93. The number of hydrogen-bond donors (Lipinski definition) is 2. The molecule has 0 saturated carbocycles. The molecule has 94 valence electrons. The van der Waals surface area contributed by atoms with Gasteiger partial charge in [-0.3, -0.25) is 5.84 Å². The first kappa shape index (κ1) is 12.8. The molecule has 2 rings (SSSR count). The summed E-state index contributed by atoms with van der Waals surface area (Å²) < 4.78 is 5.12. The van der Waals surface area contributed by atoms with E-state index in [1.807, 2.05) is 30.3 Å². The molecule has 4 nitrogen and oxygen atoms in total. The number of ether oxygens (including phenoxy) is 1. The summed E-state index contributed by atoms with van der Waals surface area (Å²) in [5.74, 6) is 6.41. The highest BCUT2D eigenvalue weighted by atomic mass is 35.5. The van der Waals surface area contributed by atoms with Gasteiger partial charge < -0.3 is 4.74 Å². The second kappa shape index (κ2) is 5.82. The smallest absolute Gasteiger partial charge is 0.129 e. The Balaban J connectivity index is 2.29. The maximum atomic E-state index is 5.77.